The van der Waals surface area contributed by atoms with Crippen molar-refractivity contribution >= 4 is 0 Å². The summed E-state index contributed by atoms with van der Waals surface area (Å²) in [6.45, 7) is 6.56. The summed E-state index contributed by atoms with van der Waals surface area (Å²) < 4.78 is 5.40. The predicted octanol–water partition coefficient (Wildman–Crippen LogP) is 3.70. The van der Waals surface area contributed by atoms with Crippen LogP contribution in [-0.4, -0.2) is 7.11 Å². The monoisotopic (exact) mass is 235 g/mol. The van der Waals surface area contributed by atoms with Gasteiger partial charge in [-0.2, -0.15) is 0 Å². The number of ether oxygens (including phenoxy) is 1. The minimum Gasteiger partial charge on any atom is -0.496 e. The predicted molar refractivity (Wildman–Crippen MR) is 73.2 cm³/mol. The first kappa shape index (κ1) is 14.0. The Labute approximate surface area is 105 Å². The van der Waals surface area contributed by atoms with Crippen LogP contribution in [0.4, 0.5) is 0 Å². The number of nitrogens with two attached hydrogens (primary N) is 1. The Hall–Kier alpha value is -1.02. The molecule has 0 fully saturated rings. The fourth-order valence-electron chi connectivity index (χ4n) is 2.40. The Morgan fingerprint density at radius 1 is 1.24 bits per heavy atom. The van der Waals surface area contributed by atoms with Gasteiger partial charge < -0.3 is 10.5 Å². The van der Waals surface area contributed by atoms with Gasteiger partial charge in [0.2, 0.25) is 0 Å². The highest BCUT2D eigenvalue weighted by Gasteiger charge is 2.27. The largest absolute Gasteiger partial charge is 0.496 e. The van der Waals surface area contributed by atoms with E-state index in [2.05, 4.69) is 26.8 Å². The summed E-state index contributed by atoms with van der Waals surface area (Å²) in [6, 6.07) is 8.06. The Morgan fingerprint density at radius 2 is 1.82 bits per heavy atom. The first-order chi connectivity index (χ1) is 8.05. The Balaban J connectivity index is 2.95. The summed E-state index contributed by atoms with van der Waals surface area (Å²) in [5, 5.41) is 0. The number of para-hydroxylation sites is 1. The van der Waals surface area contributed by atoms with Gasteiger partial charge in [0.1, 0.15) is 5.75 Å². The molecule has 1 aromatic rings. The van der Waals surface area contributed by atoms with E-state index >= 15 is 0 Å². The molecular formula is C15H25NO. The van der Waals surface area contributed by atoms with Crippen LogP contribution in [0.2, 0.25) is 0 Å². The summed E-state index contributed by atoms with van der Waals surface area (Å²) >= 11 is 0. The van der Waals surface area contributed by atoms with Crippen molar-refractivity contribution in [3.8, 4) is 5.75 Å². The quantitative estimate of drug-likeness (QED) is 0.816. The van der Waals surface area contributed by atoms with Crippen LogP contribution in [0.3, 0.4) is 0 Å². The van der Waals surface area contributed by atoms with Gasteiger partial charge in [-0.1, -0.05) is 44.9 Å². The first-order valence-electron chi connectivity index (χ1n) is 6.47. The van der Waals surface area contributed by atoms with Crippen LogP contribution in [0.1, 0.15) is 45.6 Å². The van der Waals surface area contributed by atoms with E-state index in [1.807, 2.05) is 18.2 Å². The van der Waals surface area contributed by atoms with Crippen molar-refractivity contribution in [1.29, 1.82) is 0 Å². The number of benzene rings is 1. The minimum absolute atomic E-state index is 0.316. The van der Waals surface area contributed by atoms with E-state index in [4.69, 9.17) is 10.5 Å². The third-order valence-electron chi connectivity index (χ3n) is 3.59. The van der Waals surface area contributed by atoms with Gasteiger partial charge in [-0.3, -0.25) is 0 Å². The molecule has 0 radical (unpaired) electrons. The molecule has 0 aliphatic heterocycles. The van der Waals surface area contributed by atoms with E-state index in [1.165, 1.54) is 12.8 Å². The SMILES string of the molecule is CCC(CC)CC(C)(N)c1ccccc1OC. The minimum atomic E-state index is -0.316. The van der Waals surface area contributed by atoms with Crippen LogP contribution in [0.5, 0.6) is 5.75 Å². The number of rotatable bonds is 6. The van der Waals surface area contributed by atoms with Crippen LogP contribution in [-0.2, 0) is 5.54 Å². The molecular weight excluding hydrogens is 210 g/mol. The third-order valence-corrected chi connectivity index (χ3v) is 3.59. The molecule has 0 aromatic heterocycles. The molecule has 2 N–H and O–H groups in total. The highest BCUT2D eigenvalue weighted by molar-refractivity contribution is 5.38. The topological polar surface area (TPSA) is 35.2 Å². The van der Waals surface area contributed by atoms with Crippen molar-refractivity contribution in [3.05, 3.63) is 29.8 Å². The molecule has 96 valence electrons. The zero-order chi connectivity index (χ0) is 12.9. The molecule has 1 rings (SSSR count). The third kappa shape index (κ3) is 3.47. The molecule has 17 heavy (non-hydrogen) atoms. The van der Waals surface area contributed by atoms with Crippen molar-refractivity contribution in [2.24, 2.45) is 11.7 Å². The lowest BCUT2D eigenvalue weighted by atomic mass is 9.81. The second-order valence-corrected chi connectivity index (χ2v) is 5.00. The van der Waals surface area contributed by atoms with Crippen molar-refractivity contribution in [1.82, 2.24) is 0 Å². The van der Waals surface area contributed by atoms with Crippen LogP contribution in [0, 0.1) is 5.92 Å². The summed E-state index contributed by atoms with van der Waals surface area (Å²) in [7, 11) is 1.70. The smallest absolute Gasteiger partial charge is 0.123 e. The Kier molecular flexibility index (Phi) is 5.01. The van der Waals surface area contributed by atoms with E-state index < -0.39 is 0 Å². The van der Waals surface area contributed by atoms with E-state index in [-0.39, 0.29) is 5.54 Å². The van der Waals surface area contributed by atoms with Gasteiger partial charge in [-0.25, -0.2) is 0 Å². The summed E-state index contributed by atoms with van der Waals surface area (Å²) in [5.41, 5.74) is 7.28. The van der Waals surface area contributed by atoms with E-state index in [1.54, 1.807) is 7.11 Å². The molecule has 0 heterocycles. The van der Waals surface area contributed by atoms with Gasteiger partial charge in [0, 0.05) is 11.1 Å². The van der Waals surface area contributed by atoms with Gasteiger partial charge in [0.15, 0.2) is 0 Å². The van der Waals surface area contributed by atoms with E-state index in [0.717, 1.165) is 17.7 Å². The molecule has 1 unspecified atom stereocenters. The summed E-state index contributed by atoms with van der Waals surface area (Å²) in [6.07, 6.45) is 3.36. The van der Waals surface area contributed by atoms with Crippen LogP contribution >= 0.6 is 0 Å². The lowest BCUT2D eigenvalue weighted by Crippen LogP contribution is -2.35. The maximum Gasteiger partial charge on any atom is 0.123 e. The van der Waals surface area contributed by atoms with Gasteiger partial charge in [0.25, 0.3) is 0 Å². The highest BCUT2D eigenvalue weighted by Crippen LogP contribution is 2.34. The van der Waals surface area contributed by atoms with Crippen LogP contribution in [0.15, 0.2) is 24.3 Å². The fourth-order valence-corrected chi connectivity index (χ4v) is 2.40. The highest BCUT2D eigenvalue weighted by atomic mass is 16.5. The molecule has 1 atom stereocenters. The lowest BCUT2D eigenvalue weighted by Gasteiger charge is -2.30. The second kappa shape index (κ2) is 6.06. The van der Waals surface area contributed by atoms with Crippen molar-refractivity contribution in [3.63, 3.8) is 0 Å². The summed E-state index contributed by atoms with van der Waals surface area (Å²) in [5.74, 6) is 1.57. The molecule has 2 nitrogen and oxygen atoms in total. The maximum atomic E-state index is 6.49. The molecule has 0 saturated heterocycles. The molecule has 0 saturated carbocycles. The van der Waals surface area contributed by atoms with E-state index in [9.17, 15) is 0 Å². The molecule has 0 aliphatic rings. The van der Waals surface area contributed by atoms with Gasteiger partial charge in [0.05, 0.1) is 7.11 Å². The Bertz CT molecular complexity index is 343. The van der Waals surface area contributed by atoms with Crippen LogP contribution < -0.4 is 10.5 Å². The average molecular weight is 235 g/mol. The fraction of sp³-hybridized carbons (Fsp3) is 0.600. The average Bonchev–Trinajstić information content (AvgIpc) is 2.35. The molecule has 1 aromatic carbocycles. The van der Waals surface area contributed by atoms with Crippen molar-refractivity contribution < 1.29 is 4.74 Å². The normalized spacial score (nSPS) is 14.7. The van der Waals surface area contributed by atoms with Gasteiger partial charge in [-0.15, -0.1) is 0 Å². The first-order valence-corrected chi connectivity index (χ1v) is 6.47. The second-order valence-electron chi connectivity index (χ2n) is 5.00. The van der Waals surface area contributed by atoms with Gasteiger partial charge in [-0.05, 0) is 25.3 Å². The lowest BCUT2D eigenvalue weighted by molar-refractivity contribution is 0.315. The maximum absolute atomic E-state index is 6.49. The molecule has 2 heteroatoms. The Morgan fingerprint density at radius 3 is 2.35 bits per heavy atom. The number of hydrogen-bond donors (Lipinski definition) is 1. The molecule has 0 spiro atoms. The van der Waals surface area contributed by atoms with Crippen molar-refractivity contribution in [2.75, 3.05) is 7.11 Å². The summed E-state index contributed by atoms with van der Waals surface area (Å²) in [4.78, 5) is 0. The van der Waals surface area contributed by atoms with Crippen molar-refractivity contribution in [2.45, 2.75) is 45.6 Å². The number of methoxy groups -OCH3 is 1. The molecule has 0 bridgehead atoms. The van der Waals surface area contributed by atoms with E-state index in [0.29, 0.717) is 5.92 Å². The molecule has 0 aliphatic carbocycles. The zero-order valence-corrected chi connectivity index (χ0v) is 11.5. The van der Waals surface area contributed by atoms with Gasteiger partial charge >= 0.3 is 0 Å². The van der Waals surface area contributed by atoms with Crippen LogP contribution in [0.25, 0.3) is 0 Å². The number of hydrogen-bond acceptors (Lipinski definition) is 2. The standard InChI is InChI=1S/C15H25NO/c1-5-12(6-2)11-15(3,16)13-9-7-8-10-14(13)17-4/h7-10,12H,5-6,11,16H2,1-4H3. The molecule has 0 amide bonds. The zero-order valence-electron chi connectivity index (χ0n) is 11.5.